The van der Waals surface area contributed by atoms with E-state index in [1.807, 2.05) is 36.4 Å². The molecule has 4 nitrogen and oxygen atoms in total. The normalized spacial score (nSPS) is 17.3. The molecule has 1 fully saturated rings. The van der Waals surface area contributed by atoms with Gasteiger partial charge >= 0.3 is 0 Å². The molecular formula is C22H27NO3. The fraction of sp³-hybridized carbons (Fsp3) is 0.409. The van der Waals surface area contributed by atoms with Gasteiger partial charge in [-0.3, -0.25) is 4.79 Å². The van der Waals surface area contributed by atoms with E-state index in [-0.39, 0.29) is 18.3 Å². The standard InChI is InChI=1S/C22H27NO3/c24-16-19-6-4-18(5-7-19)15-22(26)23-14-2-1-3-20(23)11-8-17-9-12-21(25)13-10-17/h4-7,9-10,12-13,20,24-25H,1-3,8,11,14-16H2/t20-/m0/s1. The third kappa shape index (κ3) is 4.85. The van der Waals surface area contributed by atoms with Gasteiger partial charge in [0.2, 0.25) is 5.91 Å². The number of carbonyl (C=O) groups excluding carboxylic acids is 1. The molecule has 0 aliphatic carbocycles. The maximum atomic E-state index is 12.8. The van der Waals surface area contributed by atoms with Crippen LogP contribution in [0.4, 0.5) is 0 Å². The van der Waals surface area contributed by atoms with Gasteiger partial charge in [0, 0.05) is 12.6 Å². The van der Waals surface area contributed by atoms with Gasteiger partial charge in [-0.25, -0.2) is 0 Å². The van der Waals surface area contributed by atoms with Crippen LogP contribution >= 0.6 is 0 Å². The van der Waals surface area contributed by atoms with Crippen molar-refractivity contribution in [3.8, 4) is 5.75 Å². The molecule has 0 bridgehead atoms. The lowest BCUT2D eigenvalue weighted by atomic mass is 9.95. The Kier molecular flexibility index (Phi) is 6.29. The van der Waals surface area contributed by atoms with Crippen LogP contribution in [0.1, 0.15) is 42.4 Å². The first-order valence-electron chi connectivity index (χ1n) is 9.42. The van der Waals surface area contributed by atoms with Crippen molar-refractivity contribution in [2.75, 3.05) is 6.54 Å². The number of aryl methyl sites for hydroxylation is 1. The molecule has 2 aromatic carbocycles. The van der Waals surface area contributed by atoms with Gasteiger partial charge in [0.25, 0.3) is 0 Å². The summed E-state index contributed by atoms with van der Waals surface area (Å²) >= 11 is 0. The zero-order valence-electron chi connectivity index (χ0n) is 15.1. The number of nitrogens with zero attached hydrogens (tertiary/aromatic N) is 1. The Labute approximate surface area is 155 Å². The van der Waals surface area contributed by atoms with Crippen molar-refractivity contribution in [1.82, 2.24) is 4.90 Å². The first kappa shape index (κ1) is 18.5. The molecule has 1 heterocycles. The summed E-state index contributed by atoms with van der Waals surface area (Å²) in [4.78, 5) is 14.9. The first-order chi connectivity index (χ1) is 12.7. The zero-order chi connectivity index (χ0) is 18.4. The lowest BCUT2D eigenvalue weighted by molar-refractivity contribution is -0.134. The van der Waals surface area contributed by atoms with Crippen LogP contribution in [0, 0.1) is 0 Å². The molecule has 0 unspecified atom stereocenters. The smallest absolute Gasteiger partial charge is 0.227 e. The largest absolute Gasteiger partial charge is 0.508 e. The summed E-state index contributed by atoms with van der Waals surface area (Å²) in [5, 5.41) is 18.5. The minimum absolute atomic E-state index is 0.0275. The monoisotopic (exact) mass is 353 g/mol. The molecule has 1 aliphatic rings. The number of aliphatic hydroxyl groups excluding tert-OH is 1. The van der Waals surface area contributed by atoms with Crippen molar-refractivity contribution in [3.05, 3.63) is 65.2 Å². The van der Waals surface area contributed by atoms with Gasteiger partial charge in [-0.05, 0) is 60.9 Å². The topological polar surface area (TPSA) is 60.8 Å². The van der Waals surface area contributed by atoms with Gasteiger partial charge in [0.05, 0.1) is 13.0 Å². The minimum Gasteiger partial charge on any atom is -0.508 e. The van der Waals surface area contributed by atoms with Crippen molar-refractivity contribution < 1.29 is 15.0 Å². The molecule has 1 aliphatic heterocycles. The van der Waals surface area contributed by atoms with Crippen LogP contribution in [0.15, 0.2) is 48.5 Å². The van der Waals surface area contributed by atoms with E-state index in [2.05, 4.69) is 4.90 Å². The second-order valence-corrected chi connectivity index (χ2v) is 7.09. The summed E-state index contributed by atoms with van der Waals surface area (Å²) in [5.74, 6) is 0.479. The molecule has 0 radical (unpaired) electrons. The first-order valence-corrected chi connectivity index (χ1v) is 9.42. The highest BCUT2D eigenvalue weighted by Gasteiger charge is 2.26. The maximum Gasteiger partial charge on any atom is 0.227 e. The lowest BCUT2D eigenvalue weighted by Crippen LogP contribution is -2.44. The number of likely N-dealkylation sites (tertiary alicyclic amines) is 1. The molecule has 3 rings (SSSR count). The van der Waals surface area contributed by atoms with Crippen molar-refractivity contribution in [3.63, 3.8) is 0 Å². The second-order valence-electron chi connectivity index (χ2n) is 7.09. The average Bonchev–Trinajstić information content (AvgIpc) is 2.68. The van der Waals surface area contributed by atoms with Crippen LogP contribution in [0.5, 0.6) is 5.75 Å². The van der Waals surface area contributed by atoms with Gasteiger partial charge in [-0.2, -0.15) is 0 Å². The summed E-state index contributed by atoms with van der Waals surface area (Å²) in [6.45, 7) is 0.869. The highest BCUT2D eigenvalue weighted by Crippen LogP contribution is 2.23. The van der Waals surface area contributed by atoms with E-state index in [0.717, 1.165) is 43.4 Å². The molecule has 1 saturated heterocycles. The minimum atomic E-state index is 0.0275. The number of hydrogen-bond acceptors (Lipinski definition) is 3. The predicted molar refractivity (Wildman–Crippen MR) is 102 cm³/mol. The Balaban J connectivity index is 1.59. The molecule has 2 N–H and O–H groups in total. The number of hydrogen-bond donors (Lipinski definition) is 2. The number of aliphatic hydroxyl groups is 1. The molecule has 26 heavy (non-hydrogen) atoms. The SMILES string of the molecule is O=C(Cc1ccc(CO)cc1)N1CCCC[C@H]1CCc1ccc(O)cc1. The number of aromatic hydroxyl groups is 1. The summed E-state index contributed by atoms with van der Waals surface area (Å²) in [7, 11) is 0. The van der Waals surface area contributed by atoms with Crippen LogP contribution in [-0.2, 0) is 24.2 Å². The van der Waals surface area contributed by atoms with E-state index in [1.54, 1.807) is 12.1 Å². The third-order valence-electron chi connectivity index (χ3n) is 5.21. The van der Waals surface area contributed by atoms with Crippen molar-refractivity contribution >= 4 is 5.91 Å². The number of amides is 1. The summed E-state index contributed by atoms with van der Waals surface area (Å²) in [6, 6.07) is 15.2. The van der Waals surface area contributed by atoms with E-state index >= 15 is 0 Å². The Morgan fingerprint density at radius 1 is 0.962 bits per heavy atom. The molecular weight excluding hydrogens is 326 g/mol. The fourth-order valence-corrected chi connectivity index (χ4v) is 3.66. The summed E-state index contributed by atoms with van der Waals surface area (Å²) < 4.78 is 0. The highest BCUT2D eigenvalue weighted by atomic mass is 16.3. The number of phenolic OH excluding ortho intramolecular Hbond substituents is 1. The fourth-order valence-electron chi connectivity index (χ4n) is 3.66. The van der Waals surface area contributed by atoms with E-state index < -0.39 is 0 Å². The van der Waals surface area contributed by atoms with Crippen LogP contribution in [0.25, 0.3) is 0 Å². The van der Waals surface area contributed by atoms with Crippen LogP contribution in [0.3, 0.4) is 0 Å². The van der Waals surface area contributed by atoms with Crippen LogP contribution < -0.4 is 0 Å². The Morgan fingerprint density at radius 2 is 1.62 bits per heavy atom. The van der Waals surface area contributed by atoms with Gasteiger partial charge in [0.15, 0.2) is 0 Å². The van der Waals surface area contributed by atoms with Gasteiger partial charge in [-0.15, -0.1) is 0 Å². The van der Waals surface area contributed by atoms with E-state index in [9.17, 15) is 9.90 Å². The van der Waals surface area contributed by atoms with Crippen LogP contribution in [0.2, 0.25) is 0 Å². The molecule has 4 heteroatoms. The number of carbonyl (C=O) groups is 1. The third-order valence-corrected chi connectivity index (χ3v) is 5.21. The zero-order valence-corrected chi connectivity index (χ0v) is 15.1. The highest BCUT2D eigenvalue weighted by molar-refractivity contribution is 5.79. The van der Waals surface area contributed by atoms with Gasteiger partial charge in [0.1, 0.15) is 5.75 Å². The molecule has 2 aromatic rings. The van der Waals surface area contributed by atoms with Crippen molar-refractivity contribution in [2.24, 2.45) is 0 Å². The number of benzene rings is 2. The Hall–Kier alpha value is -2.33. The lowest BCUT2D eigenvalue weighted by Gasteiger charge is -2.36. The number of piperidine rings is 1. The summed E-state index contributed by atoms with van der Waals surface area (Å²) in [6.07, 6.45) is 5.61. The quantitative estimate of drug-likeness (QED) is 0.836. The van der Waals surface area contributed by atoms with Gasteiger partial charge < -0.3 is 15.1 Å². The molecule has 1 atom stereocenters. The molecule has 0 aromatic heterocycles. The second kappa shape index (κ2) is 8.86. The number of phenols is 1. The van der Waals surface area contributed by atoms with E-state index in [1.165, 1.54) is 12.0 Å². The van der Waals surface area contributed by atoms with Crippen molar-refractivity contribution in [2.45, 2.75) is 51.2 Å². The summed E-state index contributed by atoms with van der Waals surface area (Å²) in [5.41, 5.74) is 3.06. The number of rotatable bonds is 6. The molecule has 1 amide bonds. The van der Waals surface area contributed by atoms with E-state index in [4.69, 9.17) is 5.11 Å². The molecule has 138 valence electrons. The maximum absolute atomic E-state index is 12.8. The van der Waals surface area contributed by atoms with E-state index in [0.29, 0.717) is 12.5 Å². The van der Waals surface area contributed by atoms with Gasteiger partial charge in [-0.1, -0.05) is 36.4 Å². The Bertz CT molecular complexity index is 709. The molecule has 0 saturated carbocycles. The molecule has 0 spiro atoms. The van der Waals surface area contributed by atoms with Crippen molar-refractivity contribution in [1.29, 1.82) is 0 Å². The Morgan fingerprint density at radius 3 is 2.31 bits per heavy atom. The predicted octanol–water partition coefficient (Wildman–Crippen LogP) is 3.44. The average molecular weight is 353 g/mol. The van der Waals surface area contributed by atoms with Crippen LogP contribution in [-0.4, -0.2) is 33.6 Å².